The molecule has 27 nitrogen and oxygen atoms in total. The van der Waals surface area contributed by atoms with Gasteiger partial charge in [-0.2, -0.15) is 0 Å². The largest absolute Gasteiger partial charge is 0.394 e. The fourth-order valence-corrected chi connectivity index (χ4v) is 17.5. The van der Waals surface area contributed by atoms with Crippen molar-refractivity contribution in [2.75, 3.05) is 33.0 Å². The van der Waals surface area contributed by atoms with Gasteiger partial charge < -0.3 is 134 Å². The lowest BCUT2D eigenvalue weighted by Gasteiger charge is -2.71. The van der Waals surface area contributed by atoms with Gasteiger partial charge in [0.1, 0.15) is 116 Å². The van der Waals surface area contributed by atoms with Gasteiger partial charge in [-0.05, 0) is 124 Å². The van der Waals surface area contributed by atoms with Gasteiger partial charge in [-0.15, -0.1) is 0 Å². The maximum absolute atomic E-state index is 12.9. The zero-order valence-corrected chi connectivity index (χ0v) is 50.5. The molecular weight excluding hydrogens is 1140 g/mol. The Kier molecular flexibility index (Phi) is 21.3. The Hall–Kier alpha value is -1.34. The second-order valence-electron chi connectivity index (χ2n) is 28.1. The molecular formula is C59H100O27. The van der Waals surface area contributed by atoms with Gasteiger partial charge >= 0.3 is 0 Å². The SMILES string of the molecule is CC(C)=CCCC(C)(O[C@@H]1O[C@H](CO[C@@H]2O[C@H](CO)[C@@H](O)[C@H](O[C@H]3OC[C@@H](O)[C@H](O)[C@H]3O)[C@H]2O)[C@@H](O)[C@H](O)[C@H]1O)C1CCC2(C)C1C(O)CC1C3(C)CCC(O[C@@H]4O[C@H](CO)[C@@H](O)[C@H](O)[C@H]4O[C@@H]4O[C@H](CO)[C@@H](O)[C@H](O)[C@H]4O)C(C)(C)C3CCC12C. The fourth-order valence-electron chi connectivity index (χ4n) is 17.5. The summed E-state index contributed by atoms with van der Waals surface area (Å²) < 4.78 is 60.5. The van der Waals surface area contributed by atoms with E-state index in [4.69, 9.17) is 47.4 Å². The number of ether oxygens (including phenoxy) is 10. The molecule has 0 spiro atoms. The highest BCUT2D eigenvalue weighted by Gasteiger charge is 2.72. The van der Waals surface area contributed by atoms with Crippen molar-refractivity contribution in [3.8, 4) is 0 Å². The van der Waals surface area contributed by atoms with Gasteiger partial charge in [0.05, 0.1) is 50.8 Å². The highest BCUT2D eigenvalue weighted by molar-refractivity contribution is 5.21. The maximum atomic E-state index is 12.9. The molecule has 0 aromatic heterocycles. The molecule has 27 heteroatoms. The Labute approximate surface area is 501 Å². The van der Waals surface area contributed by atoms with E-state index >= 15 is 0 Å². The van der Waals surface area contributed by atoms with Crippen molar-refractivity contribution < 1.29 is 134 Å². The molecule has 4 saturated carbocycles. The van der Waals surface area contributed by atoms with Gasteiger partial charge in [0.25, 0.3) is 0 Å². The summed E-state index contributed by atoms with van der Waals surface area (Å²) in [6.45, 7) is 13.8. The highest BCUT2D eigenvalue weighted by Crippen LogP contribution is 2.76. The summed E-state index contributed by atoms with van der Waals surface area (Å²) in [5, 5.41) is 185. The number of aliphatic hydroxyl groups is 17. The molecule has 0 amide bonds. The molecule has 5 aliphatic heterocycles. The maximum Gasteiger partial charge on any atom is 0.187 e. The topological polar surface area (TPSA) is 436 Å². The van der Waals surface area contributed by atoms with E-state index in [9.17, 15) is 86.8 Å². The van der Waals surface area contributed by atoms with Crippen LogP contribution in [0.4, 0.5) is 0 Å². The third-order valence-electron chi connectivity index (χ3n) is 22.6. The normalized spacial score (nSPS) is 52.9. The Bertz CT molecular complexity index is 2260. The average molecular weight is 1240 g/mol. The Balaban J connectivity index is 0.913. The highest BCUT2D eigenvalue weighted by atomic mass is 16.8. The van der Waals surface area contributed by atoms with Crippen LogP contribution in [-0.2, 0) is 47.4 Å². The Morgan fingerprint density at radius 1 is 0.512 bits per heavy atom. The van der Waals surface area contributed by atoms with Crippen LogP contribution in [0.3, 0.4) is 0 Å². The smallest absolute Gasteiger partial charge is 0.187 e. The van der Waals surface area contributed by atoms with E-state index in [1.807, 2.05) is 20.8 Å². The van der Waals surface area contributed by atoms with Gasteiger partial charge in [-0.25, -0.2) is 0 Å². The molecule has 498 valence electrons. The van der Waals surface area contributed by atoms with Crippen molar-refractivity contribution in [1.82, 2.24) is 0 Å². The number of fused-ring (bicyclic) bond motifs is 5. The molecule has 86 heavy (non-hydrogen) atoms. The first-order valence-electron chi connectivity index (χ1n) is 30.8. The van der Waals surface area contributed by atoms with E-state index in [2.05, 4.69) is 40.7 Å². The van der Waals surface area contributed by atoms with Crippen LogP contribution in [0, 0.1) is 45.3 Å². The predicted molar refractivity (Wildman–Crippen MR) is 293 cm³/mol. The minimum atomic E-state index is -1.84. The number of aliphatic hydroxyl groups excluding tert-OH is 17. The third-order valence-corrected chi connectivity index (χ3v) is 22.6. The van der Waals surface area contributed by atoms with Crippen LogP contribution in [0.15, 0.2) is 11.6 Å². The number of hydrogen-bond donors (Lipinski definition) is 17. The van der Waals surface area contributed by atoms with Gasteiger partial charge in [-0.3, -0.25) is 0 Å². The number of allylic oxidation sites excluding steroid dienone is 2. The first kappa shape index (κ1) is 69.0. The second-order valence-corrected chi connectivity index (χ2v) is 28.1. The van der Waals surface area contributed by atoms with Crippen LogP contribution in [0.1, 0.15) is 113 Å². The van der Waals surface area contributed by atoms with Crippen LogP contribution >= 0.6 is 0 Å². The van der Waals surface area contributed by atoms with Crippen LogP contribution < -0.4 is 0 Å². The monoisotopic (exact) mass is 1240 g/mol. The predicted octanol–water partition coefficient (Wildman–Crippen LogP) is -3.74. The molecule has 0 aromatic carbocycles. The lowest BCUT2D eigenvalue weighted by Crippen LogP contribution is -2.68. The van der Waals surface area contributed by atoms with E-state index in [0.29, 0.717) is 38.5 Å². The minimum Gasteiger partial charge on any atom is -0.394 e. The number of rotatable bonds is 18. The van der Waals surface area contributed by atoms with Crippen molar-refractivity contribution in [2.24, 2.45) is 45.3 Å². The summed E-state index contributed by atoms with van der Waals surface area (Å²) in [5.41, 5.74) is -1.82. The summed E-state index contributed by atoms with van der Waals surface area (Å²) >= 11 is 0. The van der Waals surface area contributed by atoms with Gasteiger partial charge in [0.15, 0.2) is 31.5 Å². The minimum absolute atomic E-state index is 0.00480. The fraction of sp³-hybridized carbons (Fsp3) is 0.966. The van der Waals surface area contributed by atoms with Crippen LogP contribution in [-0.4, -0.2) is 285 Å². The molecule has 9 rings (SSSR count). The molecule has 5 heterocycles. The first-order valence-corrected chi connectivity index (χ1v) is 30.8. The van der Waals surface area contributed by atoms with E-state index in [-0.39, 0.29) is 34.5 Å². The van der Waals surface area contributed by atoms with Gasteiger partial charge in [0, 0.05) is 0 Å². The van der Waals surface area contributed by atoms with Crippen LogP contribution in [0.25, 0.3) is 0 Å². The molecule has 34 atom stereocenters. The lowest BCUT2D eigenvalue weighted by atomic mass is 9.35. The van der Waals surface area contributed by atoms with Crippen molar-refractivity contribution >= 4 is 0 Å². The Morgan fingerprint density at radius 3 is 1.70 bits per heavy atom. The standard InChI is InChI=1S/C59H100O27/c1-24(2)10-9-14-59(8,86-53-46(75)42(71)39(68)31(82-53)23-78-51-47(76)48(40(69)30(21-62)79-51)84-50-44(73)36(65)27(64)22-77-50)25-11-16-58(7)35(25)26(63)18-33-56(5)15-13-34(55(3,4)32(56)12-17-57(33,58)6)83-54-49(43(72)38(67)29(20-61)81-54)85-52-45(74)41(70)37(66)28(19-60)80-52/h10,25-54,60-76H,9,11-23H2,1-8H3/t25?,26?,27-,28-,29-,30-,31-,32?,33?,34?,35?,36+,37-,38-,39-,40-,41+,42+,43+,44-,45-,46-,47-,48+,49-,50-,51-,52+,53+,54+,56?,57?,58?,59?/m1/s1. The summed E-state index contributed by atoms with van der Waals surface area (Å²) in [5.74, 6) is -0.628. The summed E-state index contributed by atoms with van der Waals surface area (Å²) in [6, 6.07) is 0. The van der Waals surface area contributed by atoms with Crippen molar-refractivity contribution in [1.29, 1.82) is 0 Å². The van der Waals surface area contributed by atoms with Gasteiger partial charge in [-0.1, -0.05) is 46.3 Å². The molecule has 5 saturated heterocycles. The zero-order valence-electron chi connectivity index (χ0n) is 50.5. The zero-order chi connectivity index (χ0) is 63.1. The third kappa shape index (κ3) is 12.3. The molecule has 17 N–H and O–H groups in total. The van der Waals surface area contributed by atoms with E-state index in [0.717, 1.165) is 24.8 Å². The quantitative estimate of drug-likeness (QED) is 0.0463. The van der Waals surface area contributed by atoms with Crippen LogP contribution in [0.5, 0.6) is 0 Å². The summed E-state index contributed by atoms with van der Waals surface area (Å²) in [6.07, 6.45) is -33.0. The van der Waals surface area contributed by atoms with Crippen molar-refractivity contribution in [2.45, 2.75) is 278 Å². The number of hydrogen-bond acceptors (Lipinski definition) is 27. The summed E-state index contributed by atoms with van der Waals surface area (Å²) in [7, 11) is 0. The average Bonchev–Trinajstić information content (AvgIpc) is 1.29. The summed E-state index contributed by atoms with van der Waals surface area (Å²) in [4.78, 5) is 0. The molecule has 0 bridgehead atoms. The van der Waals surface area contributed by atoms with E-state index in [1.165, 1.54) is 0 Å². The van der Waals surface area contributed by atoms with Gasteiger partial charge in [0.2, 0.25) is 0 Å². The first-order chi connectivity index (χ1) is 40.3. The molecule has 9 aliphatic rings. The molecule has 0 radical (unpaired) electrons. The molecule has 10 unspecified atom stereocenters. The molecule has 4 aliphatic carbocycles. The molecule has 0 aromatic rings. The van der Waals surface area contributed by atoms with Crippen molar-refractivity contribution in [3.05, 3.63) is 11.6 Å². The van der Waals surface area contributed by atoms with Crippen LogP contribution in [0.2, 0.25) is 0 Å². The van der Waals surface area contributed by atoms with Crippen molar-refractivity contribution in [3.63, 3.8) is 0 Å². The van der Waals surface area contributed by atoms with E-state index in [1.54, 1.807) is 0 Å². The second kappa shape index (κ2) is 26.6. The molecule has 9 fully saturated rings. The lowest BCUT2D eigenvalue weighted by molar-refractivity contribution is -0.378. The Morgan fingerprint density at radius 2 is 1.06 bits per heavy atom. The van der Waals surface area contributed by atoms with E-state index < -0.39 is 209 Å².